The fraction of sp³-hybridized carbons (Fsp3) is 0.533. The number of thiazole rings is 1. The van der Waals surface area contributed by atoms with Crippen LogP contribution in [0, 0.1) is 5.92 Å². The molecule has 1 saturated heterocycles. The Balaban J connectivity index is 1.56. The molecule has 1 fully saturated rings. The molecule has 20 heavy (non-hydrogen) atoms. The fourth-order valence-corrected chi connectivity index (χ4v) is 3.67. The Morgan fingerprint density at radius 1 is 1.40 bits per heavy atom. The Morgan fingerprint density at radius 2 is 2.20 bits per heavy atom. The monoisotopic (exact) mass is 290 g/mol. The van der Waals surface area contributed by atoms with Crippen molar-refractivity contribution < 1.29 is 0 Å². The Morgan fingerprint density at radius 3 is 3.00 bits per heavy atom. The number of nitrogen functional groups attached to an aromatic ring is 1. The third-order valence-corrected chi connectivity index (χ3v) is 4.76. The normalized spacial score (nSPS) is 17.6. The molecular formula is C15H22N4S. The van der Waals surface area contributed by atoms with E-state index in [4.69, 9.17) is 5.73 Å². The standard InChI is InChI=1S/C15H22N4S/c1-11(10-19-6-2-3-7-19)9-17-15-18-13-5-4-12(16)8-14(13)20-15/h4-5,8,11H,2-3,6-7,9-10,16H2,1H3,(H,17,18). The van der Waals surface area contributed by atoms with Crippen LogP contribution in [0.3, 0.4) is 0 Å². The molecule has 1 unspecified atom stereocenters. The van der Waals surface area contributed by atoms with Crippen LogP contribution in [0.1, 0.15) is 19.8 Å². The number of rotatable bonds is 5. The van der Waals surface area contributed by atoms with Crippen LogP contribution in [-0.4, -0.2) is 36.1 Å². The van der Waals surface area contributed by atoms with E-state index in [1.54, 1.807) is 11.3 Å². The minimum absolute atomic E-state index is 0.644. The maximum Gasteiger partial charge on any atom is 0.183 e. The number of benzene rings is 1. The highest BCUT2D eigenvalue weighted by Gasteiger charge is 2.14. The average Bonchev–Trinajstić information content (AvgIpc) is 3.04. The maximum absolute atomic E-state index is 5.80. The van der Waals surface area contributed by atoms with Crippen molar-refractivity contribution in [3.05, 3.63) is 18.2 Å². The number of nitrogens with two attached hydrogens (primary N) is 1. The van der Waals surface area contributed by atoms with Crippen molar-refractivity contribution in [3.63, 3.8) is 0 Å². The van der Waals surface area contributed by atoms with Gasteiger partial charge in [0.05, 0.1) is 10.2 Å². The predicted molar refractivity (Wildman–Crippen MR) is 87.4 cm³/mol. The topological polar surface area (TPSA) is 54.2 Å². The van der Waals surface area contributed by atoms with E-state index in [9.17, 15) is 0 Å². The van der Waals surface area contributed by atoms with Gasteiger partial charge in [0.25, 0.3) is 0 Å². The summed E-state index contributed by atoms with van der Waals surface area (Å²) in [5, 5.41) is 4.47. The molecule has 0 bridgehead atoms. The smallest absolute Gasteiger partial charge is 0.183 e. The van der Waals surface area contributed by atoms with Crippen LogP contribution < -0.4 is 11.1 Å². The number of hydrogen-bond acceptors (Lipinski definition) is 5. The molecule has 3 N–H and O–H groups in total. The van der Waals surface area contributed by atoms with Crippen molar-refractivity contribution >= 4 is 32.4 Å². The number of hydrogen-bond donors (Lipinski definition) is 2. The second-order valence-corrected chi connectivity index (χ2v) is 6.77. The van der Waals surface area contributed by atoms with Gasteiger partial charge >= 0.3 is 0 Å². The summed E-state index contributed by atoms with van der Waals surface area (Å²) < 4.78 is 1.15. The first kappa shape index (κ1) is 13.6. The highest BCUT2D eigenvalue weighted by Crippen LogP contribution is 2.27. The first-order chi connectivity index (χ1) is 9.70. The first-order valence-electron chi connectivity index (χ1n) is 7.33. The van der Waals surface area contributed by atoms with Crippen molar-refractivity contribution in [1.82, 2.24) is 9.88 Å². The molecule has 1 aliphatic heterocycles. The van der Waals surface area contributed by atoms with E-state index < -0.39 is 0 Å². The van der Waals surface area contributed by atoms with Crippen LogP contribution >= 0.6 is 11.3 Å². The van der Waals surface area contributed by atoms with Gasteiger partial charge in [0.1, 0.15) is 0 Å². The maximum atomic E-state index is 5.80. The summed E-state index contributed by atoms with van der Waals surface area (Å²) in [6.07, 6.45) is 2.72. The summed E-state index contributed by atoms with van der Waals surface area (Å²) in [6, 6.07) is 5.88. The van der Waals surface area contributed by atoms with Gasteiger partial charge in [-0.2, -0.15) is 0 Å². The van der Waals surface area contributed by atoms with E-state index in [1.807, 2.05) is 18.2 Å². The number of nitrogens with one attached hydrogen (secondary N) is 1. The molecule has 2 heterocycles. The molecule has 0 amide bonds. The minimum Gasteiger partial charge on any atom is -0.399 e. The molecule has 108 valence electrons. The predicted octanol–water partition coefficient (Wildman–Crippen LogP) is 3.02. The quantitative estimate of drug-likeness (QED) is 0.831. The number of aromatic nitrogens is 1. The number of nitrogens with zero attached hydrogens (tertiary/aromatic N) is 2. The van der Waals surface area contributed by atoms with Gasteiger partial charge in [-0.15, -0.1) is 0 Å². The molecular weight excluding hydrogens is 268 g/mol. The van der Waals surface area contributed by atoms with Crippen LogP contribution in [0.15, 0.2) is 18.2 Å². The molecule has 1 aromatic heterocycles. The molecule has 0 saturated carbocycles. The van der Waals surface area contributed by atoms with Gasteiger partial charge in [0, 0.05) is 18.8 Å². The van der Waals surface area contributed by atoms with E-state index in [-0.39, 0.29) is 0 Å². The zero-order valence-corrected chi connectivity index (χ0v) is 12.7. The lowest BCUT2D eigenvalue weighted by Gasteiger charge is -2.20. The SMILES string of the molecule is CC(CNc1nc2ccc(N)cc2s1)CN1CCCC1. The summed E-state index contributed by atoms with van der Waals surface area (Å²) in [7, 11) is 0. The Bertz CT molecular complexity index is 574. The van der Waals surface area contributed by atoms with E-state index in [0.717, 1.165) is 27.6 Å². The van der Waals surface area contributed by atoms with Gasteiger partial charge < -0.3 is 16.0 Å². The highest BCUT2D eigenvalue weighted by atomic mass is 32.1. The summed E-state index contributed by atoms with van der Waals surface area (Å²) >= 11 is 1.68. The van der Waals surface area contributed by atoms with Gasteiger partial charge in [0.2, 0.25) is 0 Å². The van der Waals surface area contributed by atoms with Gasteiger partial charge in [-0.25, -0.2) is 4.98 Å². The summed E-state index contributed by atoms with van der Waals surface area (Å²) in [6.45, 7) is 7.00. The second kappa shape index (κ2) is 5.97. The van der Waals surface area contributed by atoms with Gasteiger partial charge in [-0.05, 0) is 50.0 Å². The van der Waals surface area contributed by atoms with E-state index in [1.165, 1.54) is 32.5 Å². The average molecular weight is 290 g/mol. The Hall–Kier alpha value is -1.33. The molecule has 0 radical (unpaired) electrons. The van der Waals surface area contributed by atoms with Crippen molar-refractivity contribution in [2.45, 2.75) is 19.8 Å². The first-order valence-corrected chi connectivity index (χ1v) is 8.14. The van der Waals surface area contributed by atoms with Crippen molar-refractivity contribution in [1.29, 1.82) is 0 Å². The number of likely N-dealkylation sites (tertiary alicyclic amines) is 1. The summed E-state index contributed by atoms with van der Waals surface area (Å²) in [5.74, 6) is 0.644. The molecule has 3 rings (SSSR count). The molecule has 1 aromatic carbocycles. The molecule has 4 nitrogen and oxygen atoms in total. The lowest BCUT2D eigenvalue weighted by molar-refractivity contribution is 0.294. The van der Waals surface area contributed by atoms with Crippen LogP contribution in [0.25, 0.3) is 10.2 Å². The van der Waals surface area contributed by atoms with Crippen molar-refractivity contribution in [2.75, 3.05) is 37.2 Å². The lowest BCUT2D eigenvalue weighted by atomic mass is 10.2. The van der Waals surface area contributed by atoms with Gasteiger partial charge in [-0.3, -0.25) is 0 Å². The summed E-state index contributed by atoms with van der Waals surface area (Å²) in [4.78, 5) is 7.16. The fourth-order valence-electron chi connectivity index (χ4n) is 2.75. The lowest BCUT2D eigenvalue weighted by Crippen LogP contribution is -2.28. The van der Waals surface area contributed by atoms with E-state index in [2.05, 4.69) is 22.1 Å². The third kappa shape index (κ3) is 3.22. The molecule has 1 atom stereocenters. The Kier molecular flexibility index (Phi) is 4.08. The second-order valence-electron chi connectivity index (χ2n) is 5.74. The van der Waals surface area contributed by atoms with Crippen LogP contribution in [-0.2, 0) is 0 Å². The molecule has 2 aromatic rings. The van der Waals surface area contributed by atoms with Gasteiger partial charge in [0.15, 0.2) is 5.13 Å². The zero-order chi connectivity index (χ0) is 13.9. The Labute approximate surface area is 124 Å². The third-order valence-electron chi connectivity index (χ3n) is 3.78. The van der Waals surface area contributed by atoms with Crippen LogP contribution in [0.5, 0.6) is 0 Å². The number of fused-ring (bicyclic) bond motifs is 1. The summed E-state index contributed by atoms with van der Waals surface area (Å²) in [5.41, 5.74) is 7.63. The van der Waals surface area contributed by atoms with Gasteiger partial charge in [-0.1, -0.05) is 18.3 Å². The largest absolute Gasteiger partial charge is 0.399 e. The minimum atomic E-state index is 0.644. The van der Waals surface area contributed by atoms with Crippen LogP contribution in [0.2, 0.25) is 0 Å². The molecule has 1 aliphatic rings. The number of anilines is 2. The van der Waals surface area contributed by atoms with Crippen molar-refractivity contribution in [3.8, 4) is 0 Å². The molecule has 0 aliphatic carbocycles. The molecule has 0 spiro atoms. The zero-order valence-electron chi connectivity index (χ0n) is 11.9. The van der Waals surface area contributed by atoms with Crippen molar-refractivity contribution in [2.24, 2.45) is 5.92 Å². The van der Waals surface area contributed by atoms with E-state index >= 15 is 0 Å². The van der Waals surface area contributed by atoms with Crippen LogP contribution in [0.4, 0.5) is 10.8 Å². The molecule has 5 heteroatoms. The van der Waals surface area contributed by atoms with E-state index in [0.29, 0.717) is 5.92 Å². The highest BCUT2D eigenvalue weighted by molar-refractivity contribution is 7.22.